The number of carbonyl (C=O) groups is 1. The normalized spacial score (nSPS) is 15.5. The fraction of sp³-hybridized carbons (Fsp3) is 0.259. The Balaban J connectivity index is 1.41. The van der Waals surface area contributed by atoms with Gasteiger partial charge in [0.05, 0.1) is 41.5 Å². The number of rotatable bonds is 5. The third-order valence-corrected chi connectivity index (χ3v) is 6.91. The van der Waals surface area contributed by atoms with Crippen molar-refractivity contribution in [1.29, 1.82) is 0 Å². The van der Waals surface area contributed by atoms with E-state index in [2.05, 4.69) is 10.1 Å². The van der Waals surface area contributed by atoms with Crippen molar-refractivity contribution in [3.8, 4) is 17.1 Å². The fourth-order valence-electron chi connectivity index (χ4n) is 5.06. The Labute approximate surface area is 216 Å². The standard InChI is InChI=1S/C27H25F2N7O2/c1-34(2)27(37)17-12-20-21(13-23(17)38-3)32-25(31-20)18-14-30-36-10-8-24(33-26(18)36)35-9-4-5-22(35)16-11-15(28)6-7-19(16)29/h6-8,10-14,22H,4-5,9H2,1-3H3,(H,31,32)/t22-/m1/s1. The first kappa shape index (κ1) is 23.8. The van der Waals surface area contributed by atoms with Crippen molar-refractivity contribution in [3.05, 3.63) is 71.6 Å². The van der Waals surface area contributed by atoms with Gasteiger partial charge < -0.3 is 19.5 Å². The zero-order chi connectivity index (χ0) is 26.6. The quantitative estimate of drug-likeness (QED) is 0.366. The van der Waals surface area contributed by atoms with Crippen molar-refractivity contribution >= 4 is 28.4 Å². The van der Waals surface area contributed by atoms with Crippen molar-refractivity contribution in [2.24, 2.45) is 0 Å². The van der Waals surface area contributed by atoms with Crippen molar-refractivity contribution in [2.45, 2.75) is 18.9 Å². The van der Waals surface area contributed by atoms with Crippen molar-refractivity contribution < 1.29 is 18.3 Å². The van der Waals surface area contributed by atoms with Gasteiger partial charge in [-0.05, 0) is 43.2 Å². The van der Waals surface area contributed by atoms with Crippen LogP contribution in [0.3, 0.4) is 0 Å². The highest BCUT2D eigenvalue weighted by molar-refractivity contribution is 6.00. The molecule has 3 aromatic heterocycles. The number of amides is 1. The van der Waals surface area contributed by atoms with Gasteiger partial charge in [-0.25, -0.2) is 23.3 Å². The molecule has 0 bridgehead atoms. The molecule has 1 N–H and O–H groups in total. The molecule has 0 radical (unpaired) electrons. The van der Waals surface area contributed by atoms with Gasteiger partial charge in [-0.1, -0.05) is 0 Å². The minimum absolute atomic E-state index is 0.189. The maximum Gasteiger partial charge on any atom is 0.257 e. The molecule has 194 valence electrons. The number of benzene rings is 2. The second-order valence-corrected chi connectivity index (χ2v) is 9.48. The third-order valence-electron chi connectivity index (χ3n) is 6.91. The van der Waals surface area contributed by atoms with E-state index in [1.807, 2.05) is 11.0 Å². The molecule has 2 aromatic carbocycles. The summed E-state index contributed by atoms with van der Waals surface area (Å²) in [6, 6.07) is 8.50. The maximum atomic E-state index is 14.6. The highest BCUT2D eigenvalue weighted by atomic mass is 19.1. The van der Waals surface area contributed by atoms with E-state index in [0.717, 1.165) is 12.5 Å². The lowest BCUT2D eigenvalue weighted by Gasteiger charge is -2.26. The third kappa shape index (κ3) is 3.90. The Morgan fingerprint density at radius 3 is 2.79 bits per heavy atom. The highest BCUT2D eigenvalue weighted by Crippen LogP contribution is 2.37. The number of anilines is 1. The molecule has 11 heteroatoms. The molecule has 1 amide bonds. The van der Waals surface area contributed by atoms with Gasteiger partial charge in [0.15, 0.2) is 5.65 Å². The molecule has 1 aliphatic rings. The summed E-state index contributed by atoms with van der Waals surface area (Å²) in [7, 11) is 4.87. The predicted molar refractivity (Wildman–Crippen MR) is 138 cm³/mol. The summed E-state index contributed by atoms with van der Waals surface area (Å²) in [5.41, 5.74) is 3.25. The van der Waals surface area contributed by atoms with Crippen LogP contribution in [0.2, 0.25) is 0 Å². The summed E-state index contributed by atoms with van der Waals surface area (Å²) in [4.78, 5) is 29.0. The van der Waals surface area contributed by atoms with E-state index < -0.39 is 11.6 Å². The summed E-state index contributed by atoms with van der Waals surface area (Å²) in [5, 5.41) is 4.42. The molecule has 0 unspecified atom stereocenters. The number of ether oxygens (including phenoxy) is 1. The first-order valence-corrected chi connectivity index (χ1v) is 12.2. The molecule has 0 aliphatic carbocycles. The zero-order valence-corrected chi connectivity index (χ0v) is 21.1. The van der Waals surface area contributed by atoms with Gasteiger partial charge in [-0.3, -0.25) is 4.79 Å². The molecular weight excluding hydrogens is 492 g/mol. The van der Waals surface area contributed by atoms with E-state index in [-0.39, 0.29) is 11.9 Å². The number of fused-ring (bicyclic) bond motifs is 2. The molecule has 1 atom stereocenters. The van der Waals surface area contributed by atoms with Gasteiger partial charge in [0.25, 0.3) is 5.91 Å². The summed E-state index contributed by atoms with van der Waals surface area (Å²) in [6.45, 7) is 0.667. The molecule has 6 rings (SSSR count). The number of aromatic amines is 1. The first-order chi connectivity index (χ1) is 18.3. The minimum atomic E-state index is -0.466. The van der Waals surface area contributed by atoms with Crippen LogP contribution in [0.15, 0.2) is 48.8 Å². The molecule has 5 aromatic rings. The molecule has 1 saturated heterocycles. The number of methoxy groups -OCH3 is 1. The Morgan fingerprint density at radius 1 is 1.16 bits per heavy atom. The average Bonchev–Trinajstić information content (AvgIpc) is 3.65. The number of nitrogens with zero attached hydrogens (tertiary/aromatic N) is 6. The lowest BCUT2D eigenvalue weighted by Crippen LogP contribution is -2.24. The van der Waals surface area contributed by atoms with E-state index in [1.54, 1.807) is 43.1 Å². The monoisotopic (exact) mass is 517 g/mol. The zero-order valence-electron chi connectivity index (χ0n) is 21.1. The van der Waals surface area contributed by atoms with E-state index >= 15 is 0 Å². The Hall–Kier alpha value is -4.54. The molecule has 0 saturated carbocycles. The van der Waals surface area contributed by atoms with Crippen molar-refractivity contribution in [3.63, 3.8) is 0 Å². The first-order valence-electron chi connectivity index (χ1n) is 12.2. The van der Waals surface area contributed by atoms with E-state index in [4.69, 9.17) is 14.7 Å². The van der Waals surface area contributed by atoms with Gasteiger partial charge in [0, 0.05) is 38.5 Å². The molecule has 38 heavy (non-hydrogen) atoms. The van der Waals surface area contributed by atoms with Gasteiger partial charge in [0.1, 0.15) is 29.0 Å². The Kier molecular flexibility index (Phi) is 5.70. The predicted octanol–water partition coefficient (Wildman–Crippen LogP) is 4.60. The highest BCUT2D eigenvalue weighted by Gasteiger charge is 2.30. The van der Waals surface area contributed by atoms with E-state index in [1.165, 1.54) is 24.1 Å². The van der Waals surface area contributed by atoms with E-state index in [0.29, 0.717) is 63.7 Å². The topological polar surface area (TPSA) is 91.6 Å². The van der Waals surface area contributed by atoms with Crippen LogP contribution < -0.4 is 9.64 Å². The second-order valence-electron chi connectivity index (χ2n) is 9.48. The van der Waals surface area contributed by atoms with Crippen LogP contribution in [-0.2, 0) is 0 Å². The Bertz CT molecular complexity index is 1690. The lowest BCUT2D eigenvalue weighted by molar-refractivity contribution is 0.0824. The molecule has 9 nitrogen and oxygen atoms in total. The van der Waals surface area contributed by atoms with Crippen LogP contribution in [0, 0.1) is 11.6 Å². The van der Waals surface area contributed by atoms with Crippen molar-refractivity contribution in [2.75, 3.05) is 32.6 Å². The van der Waals surface area contributed by atoms with Crippen LogP contribution in [0.1, 0.15) is 34.8 Å². The van der Waals surface area contributed by atoms with Crippen LogP contribution in [0.5, 0.6) is 5.75 Å². The number of halogens is 2. The molecule has 4 heterocycles. The number of aromatic nitrogens is 5. The molecule has 1 aliphatic heterocycles. The van der Waals surface area contributed by atoms with Gasteiger partial charge in [-0.2, -0.15) is 5.10 Å². The fourth-order valence-corrected chi connectivity index (χ4v) is 5.06. The van der Waals surface area contributed by atoms with Crippen LogP contribution in [-0.4, -0.2) is 63.1 Å². The number of nitrogens with one attached hydrogen (secondary N) is 1. The van der Waals surface area contributed by atoms with Crippen LogP contribution in [0.4, 0.5) is 14.6 Å². The second kappa shape index (κ2) is 9.09. The number of carbonyl (C=O) groups excluding carboxylic acids is 1. The SMILES string of the molecule is COc1cc2[nH]c(-c3cnn4ccc(N5CCC[C@@H]5c5cc(F)ccc5F)nc34)nc2cc1C(=O)N(C)C. The molecule has 1 fully saturated rings. The maximum absolute atomic E-state index is 14.6. The largest absolute Gasteiger partial charge is 0.496 e. The van der Waals surface area contributed by atoms with Gasteiger partial charge in [0.2, 0.25) is 0 Å². The van der Waals surface area contributed by atoms with E-state index in [9.17, 15) is 13.6 Å². The lowest BCUT2D eigenvalue weighted by atomic mass is 10.0. The van der Waals surface area contributed by atoms with Gasteiger partial charge in [-0.15, -0.1) is 0 Å². The minimum Gasteiger partial charge on any atom is -0.496 e. The smallest absolute Gasteiger partial charge is 0.257 e. The molecular formula is C27H25F2N7O2. The number of hydrogen-bond donors (Lipinski definition) is 1. The number of H-pyrrole nitrogens is 1. The average molecular weight is 518 g/mol. The summed E-state index contributed by atoms with van der Waals surface area (Å²) < 4.78 is 35.6. The molecule has 0 spiro atoms. The number of hydrogen-bond acceptors (Lipinski definition) is 6. The van der Waals surface area contributed by atoms with Crippen LogP contribution in [0.25, 0.3) is 28.1 Å². The van der Waals surface area contributed by atoms with Crippen molar-refractivity contribution in [1.82, 2.24) is 29.5 Å². The summed E-state index contributed by atoms with van der Waals surface area (Å²) in [5.74, 6) is 0.528. The number of imidazole rings is 1. The summed E-state index contributed by atoms with van der Waals surface area (Å²) in [6.07, 6.45) is 4.98. The summed E-state index contributed by atoms with van der Waals surface area (Å²) >= 11 is 0. The van der Waals surface area contributed by atoms with Crippen LogP contribution >= 0.6 is 0 Å². The Morgan fingerprint density at radius 2 is 2.00 bits per heavy atom. The van der Waals surface area contributed by atoms with Gasteiger partial charge >= 0.3 is 0 Å².